The molecule has 1 aromatic carbocycles. The predicted octanol–water partition coefficient (Wildman–Crippen LogP) is 1.96. The van der Waals surface area contributed by atoms with Crippen LogP contribution in [0.5, 0.6) is 0 Å². The molecule has 1 N–H and O–H groups in total. The number of nitrogens with zero attached hydrogens (tertiary/aromatic N) is 1. The standard InChI is InChI=1S/C14H9FN2O2Se/c1-7-16-12-13(19)10(6-11(18)14(12)20-7)17-9-4-2-3-8(15)5-9/h2-6,17H,1H3. The number of aryl methyl sites for hydroxylation is 1. The zero-order chi connectivity index (χ0) is 14.3. The van der Waals surface area contributed by atoms with E-state index in [0.29, 0.717) is 10.1 Å². The average Bonchev–Trinajstić information content (AvgIpc) is 2.78. The van der Waals surface area contributed by atoms with E-state index in [9.17, 15) is 14.0 Å². The Balaban J connectivity index is 1.95. The van der Waals surface area contributed by atoms with Gasteiger partial charge in [-0.15, -0.1) is 0 Å². The summed E-state index contributed by atoms with van der Waals surface area (Å²) < 4.78 is 14.4. The van der Waals surface area contributed by atoms with Gasteiger partial charge in [-0.25, -0.2) is 0 Å². The molecule has 0 bridgehead atoms. The van der Waals surface area contributed by atoms with Gasteiger partial charge in [0.15, 0.2) is 0 Å². The Labute approximate surface area is 120 Å². The molecule has 0 aliphatic heterocycles. The van der Waals surface area contributed by atoms with Crippen LogP contribution >= 0.6 is 0 Å². The summed E-state index contributed by atoms with van der Waals surface area (Å²) in [5.74, 6) is -0.926. The Morgan fingerprint density at radius 1 is 1.30 bits per heavy atom. The van der Waals surface area contributed by atoms with Crippen molar-refractivity contribution < 1.29 is 14.0 Å². The molecule has 6 heteroatoms. The van der Waals surface area contributed by atoms with E-state index in [1.165, 1.54) is 24.3 Å². The molecule has 0 saturated carbocycles. The van der Waals surface area contributed by atoms with E-state index in [0.717, 1.165) is 4.57 Å². The molecule has 2 aromatic rings. The molecule has 0 spiro atoms. The number of aromatic nitrogens is 1. The number of carbonyl (C=O) groups excluding carboxylic acids is 2. The second-order valence-electron chi connectivity index (χ2n) is 4.30. The van der Waals surface area contributed by atoms with Crippen LogP contribution in [0.15, 0.2) is 36.0 Å². The zero-order valence-corrected chi connectivity index (χ0v) is 12.1. The van der Waals surface area contributed by atoms with E-state index in [4.69, 9.17) is 0 Å². The van der Waals surface area contributed by atoms with E-state index >= 15 is 0 Å². The number of fused-ring (bicyclic) bond motifs is 1. The van der Waals surface area contributed by atoms with Crippen LogP contribution in [-0.4, -0.2) is 31.1 Å². The molecule has 0 saturated heterocycles. The molecule has 1 aliphatic rings. The molecular weight excluding hydrogens is 326 g/mol. The average molecular weight is 335 g/mol. The van der Waals surface area contributed by atoms with Crippen molar-refractivity contribution in [1.82, 2.24) is 4.98 Å². The Morgan fingerprint density at radius 3 is 2.85 bits per heavy atom. The van der Waals surface area contributed by atoms with Gasteiger partial charge < -0.3 is 0 Å². The zero-order valence-electron chi connectivity index (χ0n) is 10.4. The third-order valence-electron chi connectivity index (χ3n) is 2.80. The number of halogens is 1. The van der Waals surface area contributed by atoms with Gasteiger partial charge in [-0.2, -0.15) is 0 Å². The summed E-state index contributed by atoms with van der Waals surface area (Å²) in [4.78, 5) is 28.4. The van der Waals surface area contributed by atoms with Crippen molar-refractivity contribution in [2.45, 2.75) is 6.92 Å². The van der Waals surface area contributed by atoms with Crippen LogP contribution in [0.2, 0.25) is 0 Å². The summed E-state index contributed by atoms with van der Waals surface area (Å²) in [7, 11) is 0. The Kier molecular flexibility index (Phi) is 3.12. The number of hydrogen-bond acceptors (Lipinski definition) is 4. The molecule has 20 heavy (non-hydrogen) atoms. The fraction of sp³-hybridized carbons (Fsp3) is 0.0714. The van der Waals surface area contributed by atoms with Crippen molar-refractivity contribution in [2.75, 3.05) is 5.32 Å². The van der Waals surface area contributed by atoms with Crippen LogP contribution in [0.4, 0.5) is 10.1 Å². The van der Waals surface area contributed by atoms with Gasteiger partial charge >= 0.3 is 120 Å². The summed E-state index contributed by atoms with van der Waals surface area (Å²) in [6, 6.07) is 5.72. The summed E-state index contributed by atoms with van der Waals surface area (Å²) in [5, 5.41) is 2.78. The SMILES string of the molecule is Cc1nc2c([se]1)C(=O)C=C(Nc1cccc(F)c1)C2=O. The molecule has 1 aliphatic carbocycles. The topological polar surface area (TPSA) is 59.1 Å². The number of Topliss-reactive ketones (excluding diaryl/α,β-unsaturated/α-hetero) is 1. The summed E-state index contributed by atoms with van der Waals surface area (Å²) >= 11 is -0.164. The first-order chi connectivity index (χ1) is 9.54. The quantitative estimate of drug-likeness (QED) is 0.853. The molecule has 0 unspecified atom stereocenters. The Bertz CT molecular complexity index is 764. The number of allylic oxidation sites excluding steroid dienone is 2. The maximum atomic E-state index is 13.1. The first-order valence-corrected chi connectivity index (χ1v) is 7.56. The molecule has 0 radical (unpaired) electrons. The minimum absolute atomic E-state index is 0.133. The van der Waals surface area contributed by atoms with Gasteiger partial charge in [0.2, 0.25) is 0 Å². The van der Waals surface area contributed by atoms with Gasteiger partial charge in [0.25, 0.3) is 0 Å². The molecule has 1 heterocycles. The number of hydrogen-bond donors (Lipinski definition) is 1. The van der Waals surface area contributed by atoms with Crippen molar-refractivity contribution >= 4 is 31.8 Å². The second kappa shape index (κ2) is 4.81. The van der Waals surface area contributed by atoms with Gasteiger partial charge in [0, 0.05) is 0 Å². The predicted molar refractivity (Wildman–Crippen MR) is 72.7 cm³/mol. The van der Waals surface area contributed by atoms with Gasteiger partial charge in [-0.1, -0.05) is 0 Å². The van der Waals surface area contributed by atoms with Gasteiger partial charge in [0.1, 0.15) is 0 Å². The molecule has 1 aromatic heterocycles. The van der Waals surface area contributed by atoms with Crippen molar-refractivity contribution in [3.8, 4) is 0 Å². The van der Waals surface area contributed by atoms with E-state index in [-0.39, 0.29) is 37.5 Å². The number of benzene rings is 1. The third-order valence-corrected chi connectivity index (χ3v) is 4.86. The number of anilines is 1. The monoisotopic (exact) mass is 336 g/mol. The first-order valence-electron chi connectivity index (χ1n) is 5.85. The fourth-order valence-electron chi connectivity index (χ4n) is 1.95. The molecule has 3 rings (SSSR count). The van der Waals surface area contributed by atoms with E-state index in [1.807, 2.05) is 0 Å². The fourth-order valence-corrected chi connectivity index (χ4v) is 3.69. The summed E-state index contributed by atoms with van der Waals surface area (Å²) in [6.07, 6.45) is 1.27. The molecular formula is C14H9FN2O2Se. The van der Waals surface area contributed by atoms with Crippen LogP contribution < -0.4 is 5.32 Å². The van der Waals surface area contributed by atoms with Gasteiger partial charge in [-0.3, -0.25) is 0 Å². The number of ketones is 2. The van der Waals surface area contributed by atoms with Crippen LogP contribution in [0.25, 0.3) is 0 Å². The molecule has 0 fully saturated rings. The van der Waals surface area contributed by atoms with Crippen LogP contribution in [-0.2, 0) is 0 Å². The van der Waals surface area contributed by atoms with Gasteiger partial charge in [-0.05, 0) is 0 Å². The summed E-state index contributed by atoms with van der Waals surface area (Å²) in [5.41, 5.74) is 0.785. The van der Waals surface area contributed by atoms with Crippen LogP contribution in [0, 0.1) is 12.7 Å². The van der Waals surface area contributed by atoms with Crippen molar-refractivity contribution in [3.63, 3.8) is 0 Å². The van der Waals surface area contributed by atoms with Crippen LogP contribution in [0.1, 0.15) is 24.3 Å². The van der Waals surface area contributed by atoms with Crippen LogP contribution in [0.3, 0.4) is 0 Å². The molecule has 100 valence electrons. The number of nitrogens with one attached hydrogen (secondary N) is 1. The number of rotatable bonds is 2. The molecule has 0 amide bonds. The molecule has 4 nitrogen and oxygen atoms in total. The third kappa shape index (κ3) is 2.24. The summed E-state index contributed by atoms with van der Waals surface area (Å²) in [6.45, 7) is 1.80. The minimum atomic E-state index is -0.414. The van der Waals surface area contributed by atoms with Crippen molar-refractivity contribution in [2.24, 2.45) is 0 Å². The van der Waals surface area contributed by atoms with E-state index in [2.05, 4.69) is 10.3 Å². The van der Waals surface area contributed by atoms with Crippen molar-refractivity contribution in [1.29, 1.82) is 0 Å². The Morgan fingerprint density at radius 2 is 2.10 bits per heavy atom. The normalized spacial score (nSPS) is 14.0. The first kappa shape index (κ1) is 13.0. The van der Waals surface area contributed by atoms with E-state index < -0.39 is 5.82 Å². The van der Waals surface area contributed by atoms with E-state index in [1.54, 1.807) is 13.0 Å². The molecule has 0 atom stereocenters. The Hall–Kier alpha value is -2.04. The second-order valence-corrected chi connectivity index (χ2v) is 6.82. The van der Waals surface area contributed by atoms with Gasteiger partial charge in [0.05, 0.1) is 0 Å². The van der Waals surface area contributed by atoms with Crippen molar-refractivity contribution in [3.05, 3.63) is 56.6 Å². The number of carbonyl (C=O) groups is 2. The maximum absolute atomic E-state index is 13.1.